The molecular formula is C8H17F3O3Si. The molecule has 15 heavy (non-hydrogen) atoms. The van der Waals surface area contributed by atoms with Gasteiger partial charge in [-0.25, -0.2) is 4.39 Å². The summed E-state index contributed by atoms with van der Waals surface area (Å²) >= 11 is 0. The quantitative estimate of drug-likeness (QED) is 0.614. The summed E-state index contributed by atoms with van der Waals surface area (Å²) in [5.41, 5.74) is -3.69. The summed E-state index contributed by atoms with van der Waals surface area (Å²) in [6.45, 7) is 2.78. The summed E-state index contributed by atoms with van der Waals surface area (Å²) in [6, 6.07) is 0. The van der Waals surface area contributed by atoms with Crippen molar-refractivity contribution in [2.75, 3.05) is 26.5 Å². The van der Waals surface area contributed by atoms with Crippen molar-refractivity contribution in [1.29, 1.82) is 0 Å². The first-order valence-electron chi connectivity index (χ1n) is 4.85. The number of hydrogen-bond donors (Lipinski definition) is 0. The number of alkyl halides is 3. The van der Waals surface area contributed by atoms with E-state index < -0.39 is 21.0 Å². The molecule has 0 rings (SSSR count). The lowest BCUT2D eigenvalue weighted by Gasteiger charge is -2.32. The van der Waals surface area contributed by atoms with Crippen LogP contribution in [-0.2, 0) is 13.3 Å². The first-order chi connectivity index (χ1) is 6.99. The Bertz CT molecular complexity index is 163. The molecule has 0 fully saturated rings. The molecule has 0 atom stereocenters. The second-order valence-electron chi connectivity index (χ2n) is 2.69. The molecule has 0 radical (unpaired) electrons. The summed E-state index contributed by atoms with van der Waals surface area (Å²) in [5.74, 6) is 0. The zero-order chi connectivity index (χ0) is 11.9. The lowest BCUT2D eigenvalue weighted by atomic mass is 10.8. The second-order valence-corrected chi connectivity index (χ2v) is 5.40. The third kappa shape index (κ3) is 3.44. The van der Waals surface area contributed by atoms with E-state index in [-0.39, 0.29) is 19.8 Å². The maximum Gasteiger partial charge on any atom is 0.577 e. The van der Waals surface area contributed by atoms with E-state index in [4.69, 9.17) is 13.3 Å². The predicted molar refractivity (Wildman–Crippen MR) is 51.6 cm³/mol. The van der Waals surface area contributed by atoms with Gasteiger partial charge in [0.1, 0.15) is 0 Å². The van der Waals surface area contributed by atoms with Crippen molar-refractivity contribution >= 4 is 8.80 Å². The number of hydrogen-bond acceptors (Lipinski definition) is 3. The predicted octanol–water partition coefficient (Wildman–Crippen LogP) is 2.18. The van der Waals surface area contributed by atoms with Gasteiger partial charge in [-0.05, 0) is 20.8 Å². The SMILES string of the molecule is CCO[Si](OCC)(OCC)C(F)(F)CF. The minimum atomic E-state index is -4.23. The van der Waals surface area contributed by atoms with Crippen LogP contribution in [0.15, 0.2) is 0 Å². The van der Waals surface area contributed by atoms with Gasteiger partial charge in [0.15, 0.2) is 6.67 Å². The van der Waals surface area contributed by atoms with Gasteiger partial charge in [0, 0.05) is 19.8 Å². The standard InChI is InChI=1S/C8H17F3O3Si/c1-4-12-15(13-5-2,14-6-3)8(10,11)7-9/h4-7H2,1-3H3. The van der Waals surface area contributed by atoms with Gasteiger partial charge in [0.2, 0.25) is 0 Å². The first kappa shape index (κ1) is 14.9. The average molecular weight is 246 g/mol. The molecule has 0 aromatic rings. The van der Waals surface area contributed by atoms with E-state index >= 15 is 0 Å². The Kier molecular flexibility index (Phi) is 6.42. The Labute approximate surface area is 88.9 Å². The highest BCUT2D eigenvalue weighted by Gasteiger charge is 2.64. The third-order valence-electron chi connectivity index (χ3n) is 1.62. The summed E-state index contributed by atoms with van der Waals surface area (Å²) in [5, 5.41) is 0. The van der Waals surface area contributed by atoms with Crippen LogP contribution in [0, 0.1) is 0 Å². The van der Waals surface area contributed by atoms with Crippen LogP contribution in [0.1, 0.15) is 20.8 Å². The number of halogens is 3. The minimum Gasteiger partial charge on any atom is -0.370 e. The molecule has 0 bridgehead atoms. The molecule has 0 saturated heterocycles. The van der Waals surface area contributed by atoms with Gasteiger partial charge in [0.25, 0.3) is 0 Å². The van der Waals surface area contributed by atoms with Crippen LogP contribution >= 0.6 is 0 Å². The van der Waals surface area contributed by atoms with E-state index in [9.17, 15) is 13.2 Å². The maximum absolute atomic E-state index is 13.3. The average Bonchev–Trinajstić information content (AvgIpc) is 2.18. The van der Waals surface area contributed by atoms with Gasteiger partial charge in [-0.1, -0.05) is 0 Å². The summed E-state index contributed by atoms with van der Waals surface area (Å²) in [7, 11) is -4.23. The molecular weight excluding hydrogens is 229 g/mol. The maximum atomic E-state index is 13.3. The van der Waals surface area contributed by atoms with E-state index in [1.54, 1.807) is 0 Å². The lowest BCUT2D eigenvalue weighted by molar-refractivity contribution is -0.0617. The van der Waals surface area contributed by atoms with Crippen LogP contribution in [0.3, 0.4) is 0 Å². The zero-order valence-electron chi connectivity index (χ0n) is 9.19. The fourth-order valence-corrected chi connectivity index (χ4v) is 3.28. The summed E-state index contributed by atoms with van der Waals surface area (Å²) in [4.78, 5) is 0. The Morgan fingerprint density at radius 2 is 1.27 bits per heavy atom. The third-order valence-corrected chi connectivity index (χ3v) is 4.65. The van der Waals surface area contributed by atoms with E-state index in [0.29, 0.717) is 0 Å². The zero-order valence-corrected chi connectivity index (χ0v) is 10.2. The molecule has 0 amide bonds. The van der Waals surface area contributed by atoms with E-state index in [1.165, 1.54) is 20.8 Å². The molecule has 0 spiro atoms. The van der Waals surface area contributed by atoms with E-state index in [1.807, 2.05) is 0 Å². The van der Waals surface area contributed by atoms with Crippen molar-refractivity contribution in [3.8, 4) is 0 Å². The van der Waals surface area contributed by atoms with Crippen LogP contribution in [0.2, 0.25) is 0 Å². The monoisotopic (exact) mass is 246 g/mol. The molecule has 0 unspecified atom stereocenters. The summed E-state index contributed by atoms with van der Waals surface area (Å²) in [6.07, 6.45) is 0. The summed E-state index contributed by atoms with van der Waals surface area (Å²) < 4.78 is 53.6. The van der Waals surface area contributed by atoms with Crippen LogP contribution in [0.4, 0.5) is 13.2 Å². The Hall–Kier alpha value is -0.113. The normalized spacial score (nSPS) is 13.2. The van der Waals surface area contributed by atoms with Gasteiger partial charge in [-0.3, -0.25) is 0 Å². The minimum absolute atomic E-state index is 0.00180. The van der Waals surface area contributed by atoms with Gasteiger partial charge in [-0.15, -0.1) is 0 Å². The van der Waals surface area contributed by atoms with E-state index in [2.05, 4.69) is 0 Å². The molecule has 0 N–H and O–H groups in total. The van der Waals surface area contributed by atoms with Crippen molar-refractivity contribution < 1.29 is 26.4 Å². The molecule has 7 heteroatoms. The largest absolute Gasteiger partial charge is 0.577 e. The van der Waals surface area contributed by atoms with Crippen LogP contribution in [0.25, 0.3) is 0 Å². The van der Waals surface area contributed by atoms with Crippen LogP contribution < -0.4 is 0 Å². The molecule has 0 aromatic heterocycles. The van der Waals surface area contributed by atoms with Crippen molar-refractivity contribution in [1.82, 2.24) is 0 Å². The van der Waals surface area contributed by atoms with Gasteiger partial charge >= 0.3 is 14.4 Å². The van der Waals surface area contributed by atoms with Crippen LogP contribution in [-0.4, -0.2) is 40.8 Å². The lowest BCUT2D eigenvalue weighted by Crippen LogP contribution is -2.62. The van der Waals surface area contributed by atoms with Crippen molar-refractivity contribution in [3.63, 3.8) is 0 Å². The van der Waals surface area contributed by atoms with Crippen molar-refractivity contribution in [2.45, 2.75) is 26.3 Å². The van der Waals surface area contributed by atoms with Gasteiger partial charge in [0.05, 0.1) is 0 Å². The Balaban J connectivity index is 4.90. The first-order valence-corrected chi connectivity index (χ1v) is 6.57. The molecule has 0 heterocycles. The second kappa shape index (κ2) is 6.47. The highest BCUT2D eigenvalue weighted by molar-refractivity contribution is 6.63. The Morgan fingerprint density at radius 1 is 0.933 bits per heavy atom. The number of rotatable bonds is 8. The highest BCUT2D eigenvalue weighted by Crippen LogP contribution is 2.30. The molecule has 3 nitrogen and oxygen atoms in total. The molecule has 0 aromatic carbocycles. The molecule has 0 aliphatic heterocycles. The molecule has 92 valence electrons. The van der Waals surface area contributed by atoms with Gasteiger partial charge < -0.3 is 13.3 Å². The van der Waals surface area contributed by atoms with Crippen molar-refractivity contribution in [2.24, 2.45) is 0 Å². The topological polar surface area (TPSA) is 27.7 Å². The van der Waals surface area contributed by atoms with Crippen molar-refractivity contribution in [3.05, 3.63) is 0 Å². The Morgan fingerprint density at radius 3 is 1.47 bits per heavy atom. The van der Waals surface area contributed by atoms with Crippen LogP contribution in [0.5, 0.6) is 0 Å². The fraction of sp³-hybridized carbons (Fsp3) is 1.00. The van der Waals surface area contributed by atoms with E-state index in [0.717, 1.165) is 0 Å². The molecule has 0 saturated carbocycles. The smallest absolute Gasteiger partial charge is 0.370 e. The molecule has 0 aliphatic rings. The van der Waals surface area contributed by atoms with Gasteiger partial charge in [-0.2, -0.15) is 8.78 Å². The molecule has 0 aliphatic carbocycles. The fourth-order valence-electron chi connectivity index (χ4n) is 1.09. The highest BCUT2D eigenvalue weighted by atomic mass is 28.4.